The SMILES string of the molecule is FC(F)(F)c1ccccc1Oc1cnn(Cc2ccccc2)c1. The van der Waals surface area contributed by atoms with Gasteiger partial charge in [-0.3, -0.25) is 4.68 Å². The van der Waals surface area contributed by atoms with Crippen LogP contribution in [-0.2, 0) is 12.7 Å². The van der Waals surface area contributed by atoms with Crippen LogP contribution in [0, 0.1) is 0 Å². The summed E-state index contributed by atoms with van der Waals surface area (Å²) in [4.78, 5) is 0. The van der Waals surface area contributed by atoms with Gasteiger partial charge in [-0.15, -0.1) is 0 Å². The molecule has 0 saturated carbocycles. The molecule has 0 amide bonds. The summed E-state index contributed by atoms with van der Waals surface area (Å²) < 4.78 is 45.8. The van der Waals surface area contributed by atoms with Crippen LogP contribution in [0.1, 0.15) is 11.1 Å². The monoisotopic (exact) mass is 318 g/mol. The van der Waals surface area contributed by atoms with Crippen LogP contribution in [-0.4, -0.2) is 9.78 Å². The predicted octanol–water partition coefficient (Wildman–Crippen LogP) is 4.74. The van der Waals surface area contributed by atoms with E-state index in [2.05, 4.69) is 5.10 Å². The molecule has 0 bridgehead atoms. The van der Waals surface area contributed by atoms with Crippen molar-refractivity contribution in [2.45, 2.75) is 12.7 Å². The van der Waals surface area contributed by atoms with Crippen LogP contribution in [0.15, 0.2) is 67.0 Å². The van der Waals surface area contributed by atoms with E-state index in [4.69, 9.17) is 4.74 Å². The number of rotatable bonds is 4. The summed E-state index contributed by atoms with van der Waals surface area (Å²) >= 11 is 0. The maximum absolute atomic E-state index is 12.9. The molecular weight excluding hydrogens is 305 g/mol. The van der Waals surface area contributed by atoms with Gasteiger partial charge in [0.1, 0.15) is 5.75 Å². The third-order valence-corrected chi connectivity index (χ3v) is 3.22. The summed E-state index contributed by atoms with van der Waals surface area (Å²) in [5.41, 5.74) is 0.230. The molecule has 2 aromatic carbocycles. The van der Waals surface area contributed by atoms with Crippen molar-refractivity contribution in [3.05, 3.63) is 78.1 Å². The first-order valence-electron chi connectivity index (χ1n) is 6.93. The Kier molecular flexibility index (Phi) is 4.06. The Bertz CT molecular complexity index is 782. The molecule has 0 aliphatic carbocycles. The Morgan fingerprint density at radius 2 is 1.65 bits per heavy atom. The van der Waals surface area contributed by atoms with Gasteiger partial charge < -0.3 is 4.74 Å². The highest BCUT2D eigenvalue weighted by Crippen LogP contribution is 2.37. The van der Waals surface area contributed by atoms with Crippen molar-refractivity contribution in [1.82, 2.24) is 9.78 Å². The molecular formula is C17H13F3N2O. The molecule has 0 saturated heterocycles. The van der Waals surface area contributed by atoms with Crippen LogP contribution in [0.2, 0.25) is 0 Å². The Morgan fingerprint density at radius 3 is 2.39 bits per heavy atom. The molecule has 3 aromatic rings. The lowest BCUT2D eigenvalue weighted by Gasteiger charge is -2.12. The maximum Gasteiger partial charge on any atom is 0.419 e. The molecule has 118 valence electrons. The van der Waals surface area contributed by atoms with Crippen LogP contribution in [0.4, 0.5) is 13.2 Å². The van der Waals surface area contributed by atoms with Gasteiger partial charge >= 0.3 is 6.18 Å². The summed E-state index contributed by atoms with van der Waals surface area (Å²) in [5, 5.41) is 4.11. The van der Waals surface area contributed by atoms with E-state index in [1.807, 2.05) is 30.3 Å². The molecule has 1 heterocycles. The van der Waals surface area contributed by atoms with Gasteiger partial charge in [0.05, 0.1) is 24.5 Å². The van der Waals surface area contributed by atoms with Crippen LogP contribution in [0.5, 0.6) is 11.5 Å². The highest BCUT2D eigenvalue weighted by molar-refractivity contribution is 5.38. The molecule has 0 unspecified atom stereocenters. The van der Waals surface area contributed by atoms with Crippen LogP contribution in [0.3, 0.4) is 0 Å². The first-order chi connectivity index (χ1) is 11.0. The van der Waals surface area contributed by atoms with Crippen LogP contribution >= 0.6 is 0 Å². The van der Waals surface area contributed by atoms with E-state index < -0.39 is 11.7 Å². The Morgan fingerprint density at radius 1 is 0.957 bits per heavy atom. The van der Waals surface area contributed by atoms with Gasteiger partial charge in [-0.1, -0.05) is 42.5 Å². The first-order valence-corrected chi connectivity index (χ1v) is 6.93. The maximum atomic E-state index is 12.9. The third-order valence-electron chi connectivity index (χ3n) is 3.22. The third kappa shape index (κ3) is 3.71. The van der Waals surface area contributed by atoms with Gasteiger partial charge in [0.25, 0.3) is 0 Å². The molecule has 0 spiro atoms. The largest absolute Gasteiger partial charge is 0.453 e. The lowest BCUT2D eigenvalue weighted by atomic mass is 10.2. The van der Waals surface area contributed by atoms with Crippen molar-refractivity contribution in [3.63, 3.8) is 0 Å². The van der Waals surface area contributed by atoms with Crippen LogP contribution < -0.4 is 4.74 Å². The molecule has 6 heteroatoms. The van der Waals surface area contributed by atoms with Crippen molar-refractivity contribution in [2.75, 3.05) is 0 Å². The summed E-state index contributed by atoms with van der Waals surface area (Å²) in [6, 6.07) is 14.7. The minimum atomic E-state index is -4.46. The van der Waals surface area contributed by atoms with E-state index in [9.17, 15) is 13.2 Å². The van der Waals surface area contributed by atoms with Gasteiger partial charge in [0, 0.05) is 0 Å². The fourth-order valence-corrected chi connectivity index (χ4v) is 2.17. The summed E-state index contributed by atoms with van der Waals surface area (Å²) in [6.45, 7) is 0.519. The average Bonchev–Trinajstić information content (AvgIpc) is 2.95. The molecule has 0 atom stereocenters. The molecule has 0 fully saturated rings. The lowest BCUT2D eigenvalue weighted by molar-refractivity contribution is -0.138. The quantitative estimate of drug-likeness (QED) is 0.694. The molecule has 0 aliphatic rings. The van der Waals surface area contributed by atoms with E-state index >= 15 is 0 Å². The second-order valence-electron chi connectivity index (χ2n) is 4.96. The predicted molar refractivity (Wildman–Crippen MR) is 79.3 cm³/mol. The normalized spacial score (nSPS) is 11.4. The average molecular weight is 318 g/mol. The van der Waals surface area contributed by atoms with Gasteiger partial charge in [-0.05, 0) is 17.7 Å². The number of para-hydroxylation sites is 1. The molecule has 3 nitrogen and oxygen atoms in total. The van der Waals surface area contributed by atoms with E-state index in [-0.39, 0.29) is 11.5 Å². The minimum absolute atomic E-state index is 0.237. The number of hydrogen-bond donors (Lipinski definition) is 0. The van der Waals surface area contributed by atoms with Crippen molar-refractivity contribution >= 4 is 0 Å². The van der Waals surface area contributed by atoms with E-state index in [0.29, 0.717) is 6.54 Å². The zero-order valence-electron chi connectivity index (χ0n) is 12.0. The van der Waals surface area contributed by atoms with Crippen LogP contribution in [0.25, 0.3) is 0 Å². The van der Waals surface area contributed by atoms with Gasteiger partial charge in [-0.2, -0.15) is 18.3 Å². The Labute approximate surface area is 130 Å². The molecule has 0 N–H and O–H groups in total. The standard InChI is InChI=1S/C17H13F3N2O/c18-17(19,20)15-8-4-5-9-16(15)23-14-10-21-22(12-14)11-13-6-2-1-3-7-13/h1-10,12H,11H2. The van der Waals surface area contributed by atoms with Gasteiger partial charge in [0.15, 0.2) is 5.75 Å². The number of alkyl halides is 3. The highest BCUT2D eigenvalue weighted by atomic mass is 19.4. The zero-order valence-corrected chi connectivity index (χ0v) is 12.0. The second-order valence-corrected chi connectivity index (χ2v) is 4.96. The van der Waals surface area contributed by atoms with Gasteiger partial charge in [0.2, 0.25) is 0 Å². The number of benzene rings is 2. The number of halogens is 3. The second kappa shape index (κ2) is 6.16. The fourth-order valence-electron chi connectivity index (χ4n) is 2.17. The van der Waals surface area contributed by atoms with Crippen molar-refractivity contribution in [2.24, 2.45) is 0 Å². The van der Waals surface area contributed by atoms with Gasteiger partial charge in [-0.25, -0.2) is 0 Å². The summed E-state index contributed by atoms with van der Waals surface area (Å²) in [6.07, 6.45) is -1.49. The summed E-state index contributed by atoms with van der Waals surface area (Å²) in [5.74, 6) is 0.0249. The van der Waals surface area contributed by atoms with E-state index in [1.54, 1.807) is 10.9 Å². The topological polar surface area (TPSA) is 27.1 Å². The number of aromatic nitrogens is 2. The number of hydrogen-bond acceptors (Lipinski definition) is 2. The Balaban J connectivity index is 1.78. The lowest BCUT2D eigenvalue weighted by Crippen LogP contribution is -2.06. The molecule has 0 radical (unpaired) electrons. The summed E-state index contributed by atoms with van der Waals surface area (Å²) in [7, 11) is 0. The number of nitrogens with zero attached hydrogens (tertiary/aromatic N) is 2. The molecule has 1 aromatic heterocycles. The first kappa shape index (κ1) is 15.1. The van der Waals surface area contributed by atoms with Crippen molar-refractivity contribution in [3.8, 4) is 11.5 Å². The minimum Gasteiger partial charge on any atom is -0.453 e. The molecule has 23 heavy (non-hydrogen) atoms. The molecule has 3 rings (SSSR count). The van der Waals surface area contributed by atoms with E-state index in [0.717, 1.165) is 11.6 Å². The van der Waals surface area contributed by atoms with Crippen molar-refractivity contribution < 1.29 is 17.9 Å². The highest BCUT2D eigenvalue weighted by Gasteiger charge is 2.34. The smallest absolute Gasteiger partial charge is 0.419 e. The fraction of sp³-hybridized carbons (Fsp3) is 0.118. The van der Waals surface area contributed by atoms with E-state index in [1.165, 1.54) is 24.4 Å². The van der Waals surface area contributed by atoms with Crippen molar-refractivity contribution in [1.29, 1.82) is 0 Å². The Hall–Kier alpha value is -2.76. The number of ether oxygens (including phenoxy) is 1. The zero-order chi connectivity index (χ0) is 16.3. The molecule has 0 aliphatic heterocycles.